The summed E-state index contributed by atoms with van der Waals surface area (Å²) in [5.41, 5.74) is -0.667. The maximum absolute atomic E-state index is 12.6. The van der Waals surface area contributed by atoms with E-state index in [0.717, 1.165) is 6.07 Å². The molecule has 0 aliphatic rings. The minimum absolute atomic E-state index is 0.00914. The van der Waals surface area contributed by atoms with Gasteiger partial charge in [0.1, 0.15) is 11.4 Å². The van der Waals surface area contributed by atoms with Gasteiger partial charge >= 0.3 is 0 Å². The van der Waals surface area contributed by atoms with E-state index in [0.29, 0.717) is 0 Å². The lowest BCUT2D eigenvalue weighted by Gasteiger charge is -2.09. The molecule has 0 aliphatic heterocycles. The van der Waals surface area contributed by atoms with Crippen LogP contribution in [-0.2, 0) is 9.05 Å². The van der Waals surface area contributed by atoms with Crippen LogP contribution >= 0.6 is 33.3 Å². The Balaban J connectivity index is 3.53. The second-order valence-corrected chi connectivity index (χ2v) is 6.19. The highest BCUT2D eigenvalue weighted by molar-refractivity contribution is 14.1. The predicted molar refractivity (Wildman–Crippen MR) is 61.5 cm³/mol. The third-order valence-corrected chi connectivity index (χ3v) is 3.87. The van der Waals surface area contributed by atoms with Gasteiger partial charge in [0.2, 0.25) is 0 Å². The van der Waals surface area contributed by atoms with Crippen LogP contribution in [-0.4, -0.2) is 20.5 Å². The Kier molecular flexibility index (Phi) is 4.29. The normalized spacial score (nSPS) is 11.9. The molecule has 0 aromatic carbocycles. The third-order valence-electron chi connectivity index (χ3n) is 1.60. The Morgan fingerprint density at radius 1 is 1.56 bits per heavy atom. The number of hydrogen-bond donors (Lipinski definition) is 0. The number of halogens is 4. The lowest BCUT2D eigenvalue weighted by molar-refractivity contribution is 0.143. The molecule has 0 spiro atoms. The zero-order valence-electron chi connectivity index (χ0n) is 7.75. The standard InChI is InChI=1S/C7H5ClF2INO3S/c1-15-3-2-4(16(8,13)14)12-6(5(3)11)7(9)10/h2,7H,1H3. The number of rotatable bonds is 3. The zero-order valence-corrected chi connectivity index (χ0v) is 11.5. The first kappa shape index (κ1) is 13.8. The highest BCUT2D eigenvalue weighted by Gasteiger charge is 2.23. The van der Waals surface area contributed by atoms with Gasteiger partial charge in [-0.25, -0.2) is 22.2 Å². The fourth-order valence-electron chi connectivity index (χ4n) is 0.920. The van der Waals surface area contributed by atoms with E-state index in [1.165, 1.54) is 7.11 Å². The van der Waals surface area contributed by atoms with Crippen molar-refractivity contribution in [3.63, 3.8) is 0 Å². The Hall–Kier alpha value is -0.220. The van der Waals surface area contributed by atoms with E-state index in [4.69, 9.17) is 15.4 Å². The summed E-state index contributed by atoms with van der Waals surface area (Å²) in [4.78, 5) is 3.29. The molecule has 0 saturated carbocycles. The first-order chi connectivity index (χ1) is 7.27. The van der Waals surface area contributed by atoms with Crippen LogP contribution in [0.1, 0.15) is 12.1 Å². The van der Waals surface area contributed by atoms with Crippen molar-refractivity contribution in [3.8, 4) is 5.75 Å². The van der Waals surface area contributed by atoms with Crippen molar-refractivity contribution in [1.82, 2.24) is 4.98 Å². The minimum atomic E-state index is -4.16. The van der Waals surface area contributed by atoms with Crippen LogP contribution in [0.25, 0.3) is 0 Å². The Bertz CT molecular complexity index is 509. The number of nitrogens with zero attached hydrogens (tertiary/aromatic N) is 1. The minimum Gasteiger partial charge on any atom is -0.495 e. The van der Waals surface area contributed by atoms with E-state index >= 15 is 0 Å². The molecule has 16 heavy (non-hydrogen) atoms. The maximum Gasteiger partial charge on any atom is 0.281 e. The fourth-order valence-corrected chi connectivity index (χ4v) is 2.34. The van der Waals surface area contributed by atoms with Gasteiger partial charge in [-0.05, 0) is 22.6 Å². The summed E-state index contributed by atoms with van der Waals surface area (Å²) >= 11 is 1.60. The van der Waals surface area contributed by atoms with Gasteiger partial charge in [0.25, 0.3) is 15.5 Å². The Labute approximate surface area is 109 Å². The molecule has 0 saturated heterocycles. The number of aromatic nitrogens is 1. The number of pyridine rings is 1. The molecule has 0 aliphatic carbocycles. The average molecular weight is 384 g/mol. The summed E-state index contributed by atoms with van der Waals surface area (Å²) in [6.45, 7) is 0. The largest absolute Gasteiger partial charge is 0.495 e. The van der Waals surface area contributed by atoms with Crippen molar-refractivity contribution in [2.24, 2.45) is 0 Å². The van der Waals surface area contributed by atoms with E-state index in [1.54, 1.807) is 22.6 Å². The molecule has 9 heteroatoms. The third kappa shape index (κ3) is 2.92. The van der Waals surface area contributed by atoms with Crippen molar-refractivity contribution < 1.29 is 21.9 Å². The van der Waals surface area contributed by atoms with Crippen molar-refractivity contribution in [1.29, 1.82) is 0 Å². The van der Waals surface area contributed by atoms with Crippen molar-refractivity contribution in [3.05, 3.63) is 15.3 Å². The number of methoxy groups -OCH3 is 1. The van der Waals surface area contributed by atoms with E-state index in [1.807, 2.05) is 0 Å². The zero-order chi connectivity index (χ0) is 12.5. The average Bonchev–Trinajstić information content (AvgIpc) is 2.15. The van der Waals surface area contributed by atoms with Crippen molar-refractivity contribution >= 4 is 42.3 Å². The highest BCUT2D eigenvalue weighted by Crippen LogP contribution is 2.32. The molecule has 0 N–H and O–H groups in total. The van der Waals surface area contributed by atoms with Gasteiger partial charge in [-0.3, -0.25) is 0 Å². The van der Waals surface area contributed by atoms with Gasteiger partial charge in [0.15, 0.2) is 5.03 Å². The Morgan fingerprint density at radius 3 is 2.50 bits per heavy atom. The van der Waals surface area contributed by atoms with Crippen LogP contribution in [0.3, 0.4) is 0 Å². The first-order valence-corrected chi connectivity index (χ1v) is 7.13. The summed E-state index contributed by atoms with van der Waals surface area (Å²) in [6.07, 6.45) is -2.90. The van der Waals surface area contributed by atoms with Gasteiger partial charge < -0.3 is 4.74 Å². The number of alkyl halides is 2. The van der Waals surface area contributed by atoms with E-state index in [2.05, 4.69) is 4.98 Å². The molecule has 1 aromatic heterocycles. The maximum atomic E-state index is 12.6. The van der Waals surface area contributed by atoms with Crippen molar-refractivity contribution in [2.75, 3.05) is 7.11 Å². The molecule has 0 bridgehead atoms. The molecule has 1 heterocycles. The second kappa shape index (κ2) is 4.96. The lowest BCUT2D eigenvalue weighted by atomic mass is 10.3. The molecule has 90 valence electrons. The van der Waals surface area contributed by atoms with Gasteiger partial charge in [0, 0.05) is 16.7 Å². The monoisotopic (exact) mass is 383 g/mol. The van der Waals surface area contributed by atoms with Gasteiger partial charge in [-0.15, -0.1) is 0 Å². The van der Waals surface area contributed by atoms with E-state index in [-0.39, 0.29) is 9.32 Å². The van der Waals surface area contributed by atoms with E-state index in [9.17, 15) is 17.2 Å². The number of ether oxygens (including phenoxy) is 1. The molecule has 0 radical (unpaired) electrons. The van der Waals surface area contributed by atoms with Crippen molar-refractivity contribution in [2.45, 2.75) is 11.5 Å². The Morgan fingerprint density at radius 2 is 2.12 bits per heavy atom. The molecule has 0 atom stereocenters. The molecular weight excluding hydrogens is 379 g/mol. The van der Waals surface area contributed by atoms with Gasteiger partial charge in [0.05, 0.1) is 10.7 Å². The van der Waals surface area contributed by atoms with E-state index < -0.39 is 26.2 Å². The predicted octanol–water partition coefficient (Wildman–Crippen LogP) is 2.56. The summed E-state index contributed by atoms with van der Waals surface area (Å²) in [5, 5.41) is -0.651. The van der Waals surface area contributed by atoms with Gasteiger partial charge in [-0.1, -0.05) is 0 Å². The fraction of sp³-hybridized carbons (Fsp3) is 0.286. The van der Waals surface area contributed by atoms with Crippen LogP contribution in [0.15, 0.2) is 11.1 Å². The summed E-state index contributed by atoms with van der Waals surface area (Å²) in [5.74, 6) is -0.00914. The van der Waals surface area contributed by atoms with Crippen LogP contribution in [0, 0.1) is 3.57 Å². The molecule has 0 amide bonds. The van der Waals surface area contributed by atoms with Crippen LogP contribution in [0.4, 0.5) is 8.78 Å². The summed E-state index contributed by atoms with van der Waals surface area (Å²) in [6, 6.07) is 0.996. The second-order valence-electron chi connectivity index (χ2n) is 2.60. The summed E-state index contributed by atoms with van der Waals surface area (Å²) in [7, 11) is 2.09. The quantitative estimate of drug-likeness (QED) is 0.595. The molecular formula is C7H5ClF2INO3S. The smallest absolute Gasteiger partial charge is 0.281 e. The lowest BCUT2D eigenvalue weighted by Crippen LogP contribution is -2.04. The van der Waals surface area contributed by atoms with Gasteiger partial charge in [-0.2, -0.15) is 0 Å². The molecule has 4 nitrogen and oxygen atoms in total. The SMILES string of the molecule is COc1cc(S(=O)(=O)Cl)nc(C(F)F)c1I. The molecule has 0 unspecified atom stereocenters. The van der Waals surface area contributed by atoms with Crippen LogP contribution in [0.5, 0.6) is 5.75 Å². The molecule has 1 aromatic rings. The summed E-state index contributed by atoms with van der Waals surface area (Å²) < 4.78 is 51.9. The highest BCUT2D eigenvalue weighted by atomic mass is 127. The molecule has 1 rings (SSSR count). The van der Waals surface area contributed by atoms with Crippen LogP contribution in [0.2, 0.25) is 0 Å². The topological polar surface area (TPSA) is 56.3 Å². The van der Waals surface area contributed by atoms with Crippen LogP contribution < -0.4 is 4.74 Å². The molecule has 0 fully saturated rings. The number of hydrogen-bond acceptors (Lipinski definition) is 4. The first-order valence-electron chi connectivity index (χ1n) is 3.74.